The Morgan fingerprint density at radius 2 is 2.50 bits per heavy atom. The molecule has 0 aromatic carbocycles. The number of carbonyl (C=O) groups excluding carboxylic acids is 1. The van der Waals surface area contributed by atoms with Gasteiger partial charge in [0.2, 0.25) is 0 Å². The lowest BCUT2D eigenvalue weighted by molar-refractivity contribution is -0.112. The van der Waals surface area contributed by atoms with Crippen LogP contribution in [0.15, 0.2) is 12.2 Å². The number of hydrogen-bond acceptors (Lipinski definition) is 2. The van der Waals surface area contributed by atoms with E-state index in [2.05, 4.69) is 0 Å². The Balaban J connectivity index is 2.29. The van der Waals surface area contributed by atoms with Crippen LogP contribution >= 0.6 is 0 Å². The molecule has 1 saturated heterocycles. The second kappa shape index (κ2) is 3.52. The van der Waals surface area contributed by atoms with Crippen LogP contribution in [0.1, 0.15) is 13.3 Å². The first-order chi connectivity index (χ1) is 4.79. The molecule has 1 fully saturated rings. The van der Waals surface area contributed by atoms with Gasteiger partial charge in [-0.2, -0.15) is 0 Å². The molecule has 0 aromatic heterocycles. The maximum Gasteiger partial charge on any atom is 0.152 e. The van der Waals surface area contributed by atoms with Gasteiger partial charge in [-0.3, -0.25) is 4.79 Å². The Labute approximate surface area is 60.9 Å². The Hall–Kier alpha value is -0.630. The molecular weight excluding hydrogens is 128 g/mol. The number of allylic oxidation sites excluding steroid dienone is 1. The van der Waals surface area contributed by atoms with Gasteiger partial charge in [-0.15, -0.1) is 0 Å². The molecule has 0 saturated carbocycles. The van der Waals surface area contributed by atoms with Gasteiger partial charge in [0.25, 0.3) is 0 Å². The third-order valence-corrected chi connectivity index (χ3v) is 1.57. The van der Waals surface area contributed by atoms with E-state index in [1.807, 2.05) is 6.08 Å². The smallest absolute Gasteiger partial charge is 0.152 e. The van der Waals surface area contributed by atoms with E-state index in [-0.39, 0.29) is 5.78 Å². The molecule has 1 atom stereocenters. The molecule has 1 aliphatic rings. The molecule has 2 nitrogen and oxygen atoms in total. The highest BCUT2D eigenvalue weighted by Gasteiger charge is 2.11. The summed E-state index contributed by atoms with van der Waals surface area (Å²) < 4.78 is 5.13. The van der Waals surface area contributed by atoms with E-state index < -0.39 is 0 Å². The number of hydrogen-bond donors (Lipinski definition) is 0. The van der Waals surface area contributed by atoms with E-state index in [0.717, 1.165) is 19.6 Å². The third-order valence-electron chi connectivity index (χ3n) is 1.57. The summed E-state index contributed by atoms with van der Waals surface area (Å²) in [5.74, 6) is 0.593. The number of rotatable bonds is 2. The molecular formula is C8H12O2. The number of carbonyl (C=O) groups is 1. The van der Waals surface area contributed by atoms with Gasteiger partial charge in [0.15, 0.2) is 5.78 Å². The highest BCUT2D eigenvalue weighted by atomic mass is 16.5. The Morgan fingerprint density at radius 3 is 3.00 bits per heavy atom. The first kappa shape index (κ1) is 7.48. The van der Waals surface area contributed by atoms with Gasteiger partial charge < -0.3 is 4.74 Å². The second-order valence-electron chi connectivity index (χ2n) is 2.59. The van der Waals surface area contributed by atoms with Gasteiger partial charge in [0.05, 0.1) is 6.61 Å². The summed E-state index contributed by atoms with van der Waals surface area (Å²) >= 11 is 0. The lowest BCUT2D eigenvalue weighted by Gasteiger charge is -1.95. The van der Waals surface area contributed by atoms with E-state index >= 15 is 0 Å². The van der Waals surface area contributed by atoms with Crippen molar-refractivity contribution in [1.29, 1.82) is 0 Å². The van der Waals surface area contributed by atoms with Gasteiger partial charge in [0, 0.05) is 12.5 Å². The van der Waals surface area contributed by atoms with Crippen molar-refractivity contribution in [3.63, 3.8) is 0 Å². The first-order valence-corrected chi connectivity index (χ1v) is 3.55. The summed E-state index contributed by atoms with van der Waals surface area (Å²) in [7, 11) is 0. The van der Waals surface area contributed by atoms with Gasteiger partial charge in [-0.05, 0) is 19.4 Å². The van der Waals surface area contributed by atoms with Gasteiger partial charge >= 0.3 is 0 Å². The van der Waals surface area contributed by atoms with Gasteiger partial charge in [0.1, 0.15) is 0 Å². The maximum absolute atomic E-state index is 10.5. The minimum absolute atomic E-state index is 0.118. The zero-order chi connectivity index (χ0) is 7.40. The Kier molecular flexibility index (Phi) is 2.63. The molecule has 10 heavy (non-hydrogen) atoms. The predicted molar refractivity (Wildman–Crippen MR) is 38.7 cm³/mol. The van der Waals surface area contributed by atoms with Crippen LogP contribution in [0.3, 0.4) is 0 Å². The van der Waals surface area contributed by atoms with Crippen LogP contribution in [0.5, 0.6) is 0 Å². The largest absolute Gasteiger partial charge is 0.381 e. The zero-order valence-corrected chi connectivity index (χ0v) is 6.17. The summed E-state index contributed by atoms with van der Waals surface area (Å²) in [6.45, 7) is 3.18. The first-order valence-electron chi connectivity index (χ1n) is 3.55. The Bertz CT molecular complexity index is 143. The molecule has 1 rings (SSSR count). The molecule has 0 aromatic rings. The fraction of sp³-hybridized carbons (Fsp3) is 0.625. The SMILES string of the molecule is CC(=O)/C=C/C1CCOC1. The molecule has 2 heteroatoms. The molecule has 0 radical (unpaired) electrons. The monoisotopic (exact) mass is 140 g/mol. The minimum atomic E-state index is 0.118. The van der Waals surface area contributed by atoms with Crippen LogP contribution in [0.4, 0.5) is 0 Å². The van der Waals surface area contributed by atoms with Crippen molar-refractivity contribution in [3.8, 4) is 0 Å². The second-order valence-corrected chi connectivity index (χ2v) is 2.59. The highest BCUT2D eigenvalue weighted by molar-refractivity contribution is 5.87. The normalized spacial score (nSPS) is 25.9. The van der Waals surface area contributed by atoms with Crippen molar-refractivity contribution in [2.45, 2.75) is 13.3 Å². The molecule has 0 bridgehead atoms. The van der Waals surface area contributed by atoms with Crippen LogP contribution in [0.2, 0.25) is 0 Å². The van der Waals surface area contributed by atoms with Crippen LogP contribution in [0, 0.1) is 5.92 Å². The van der Waals surface area contributed by atoms with Crippen LogP contribution < -0.4 is 0 Å². The number of ether oxygens (including phenoxy) is 1. The summed E-state index contributed by atoms with van der Waals surface area (Å²) in [5, 5.41) is 0. The van der Waals surface area contributed by atoms with Crippen molar-refractivity contribution in [2.75, 3.05) is 13.2 Å². The molecule has 1 aliphatic heterocycles. The minimum Gasteiger partial charge on any atom is -0.381 e. The van der Waals surface area contributed by atoms with Crippen molar-refractivity contribution < 1.29 is 9.53 Å². The summed E-state index contributed by atoms with van der Waals surface area (Å²) in [4.78, 5) is 10.5. The van der Waals surface area contributed by atoms with Crippen molar-refractivity contribution in [3.05, 3.63) is 12.2 Å². The molecule has 1 unspecified atom stereocenters. The lowest BCUT2D eigenvalue weighted by atomic mass is 10.1. The van der Waals surface area contributed by atoms with Crippen molar-refractivity contribution >= 4 is 5.78 Å². The zero-order valence-electron chi connectivity index (χ0n) is 6.17. The molecule has 1 heterocycles. The average molecular weight is 140 g/mol. The predicted octanol–water partition coefficient (Wildman–Crippen LogP) is 1.17. The van der Waals surface area contributed by atoms with Crippen molar-refractivity contribution in [1.82, 2.24) is 0 Å². The quantitative estimate of drug-likeness (QED) is 0.538. The average Bonchev–Trinajstić information content (AvgIpc) is 2.34. The van der Waals surface area contributed by atoms with Gasteiger partial charge in [-0.25, -0.2) is 0 Å². The Morgan fingerprint density at radius 1 is 1.70 bits per heavy atom. The number of ketones is 1. The summed E-state index contributed by atoms with van der Waals surface area (Å²) in [5.41, 5.74) is 0. The fourth-order valence-electron chi connectivity index (χ4n) is 0.976. The third kappa shape index (κ3) is 2.31. The van der Waals surface area contributed by atoms with E-state index in [1.54, 1.807) is 13.0 Å². The van der Waals surface area contributed by atoms with Crippen molar-refractivity contribution in [2.24, 2.45) is 5.92 Å². The van der Waals surface area contributed by atoms with E-state index in [9.17, 15) is 4.79 Å². The van der Waals surface area contributed by atoms with Gasteiger partial charge in [-0.1, -0.05) is 6.08 Å². The standard InChI is InChI=1S/C8H12O2/c1-7(9)2-3-8-4-5-10-6-8/h2-3,8H,4-6H2,1H3/b3-2+. The summed E-state index contributed by atoms with van der Waals surface area (Å²) in [6, 6.07) is 0. The molecule has 0 aliphatic carbocycles. The highest BCUT2D eigenvalue weighted by Crippen LogP contribution is 2.12. The fourth-order valence-corrected chi connectivity index (χ4v) is 0.976. The summed E-state index contributed by atoms with van der Waals surface area (Å²) in [6.07, 6.45) is 4.62. The topological polar surface area (TPSA) is 26.3 Å². The van der Waals surface area contributed by atoms with E-state index in [0.29, 0.717) is 5.92 Å². The molecule has 56 valence electrons. The molecule has 0 N–H and O–H groups in total. The van der Waals surface area contributed by atoms with Crippen LogP contribution in [0.25, 0.3) is 0 Å². The van der Waals surface area contributed by atoms with E-state index in [1.165, 1.54) is 0 Å². The molecule has 0 amide bonds. The van der Waals surface area contributed by atoms with Crippen LogP contribution in [-0.2, 0) is 9.53 Å². The molecule has 0 spiro atoms. The maximum atomic E-state index is 10.5. The van der Waals surface area contributed by atoms with E-state index in [4.69, 9.17) is 4.74 Å². The van der Waals surface area contributed by atoms with Crippen LogP contribution in [-0.4, -0.2) is 19.0 Å². The lowest BCUT2D eigenvalue weighted by Crippen LogP contribution is -1.94.